The third kappa shape index (κ3) is 5.21. The third-order valence-corrected chi connectivity index (χ3v) is 4.19. The highest BCUT2D eigenvalue weighted by molar-refractivity contribution is 5.95. The molecule has 0 saturated carbocycles. The van der Waals surface area contributed by atoms with Crippen molar-refractivity contribution in [2.24, 2.45) is 0 Å². The summed E-state index contributed by atoms with van der Waals surface area (Å²) in [6, 6.07) is 27.7. The first-order valence-corrected chi connectivity index (χ1v) is 8.91. The van der Waals surface area contributed by atoms with Gasteiger partial charge in [-0.1, -0.05) is 66.7 Å². The maximum Gasteiger partial charge on any atom is 0.251 e. The van der Waals surface area contributed by atoms with Gasteiger partial charge in [-0.25, -0.2) is 0 Å². The monoisotopic (exact) mass is 345 g/mol. The Kier molecular flexibility index (Phi) is 6.43. The van der Waals surface area contributed by atoms with Gasteiger partial charge in [0, 0.05) is 5.56 Å². The van der Waals surface area contributed by atoms with E-state index < -0.39 is 0 Å². The van der Waals surface area contributed by atoms with E-state index in [2.05, 4.69) is 17.4 Å². The first kappa shape index (κ1) is 17.7. The van der Waals surface area contributed by atoms with Crippen molar-refractivity contribution in [3.05, 3.63) is 102 Å². The van der Waals surface area contributed by atoms with Crippen LogP contribution in [0.3, 0.4) is 0 Å². The van der Waals surface area contributed by atoms with Crippen LogP contribution in [0.2, 0.25) is 0 Å². The zero-order valence-electron chi connectivity index (χ0n) is 14.7. The van der Waals surface area contributed by atoms with E-state index >= 15 is 0 Å². The van der Waals surface area contributed by atoms with E-state index in [4.69, 9.17) is 4.74 Å². The third-order valence-electron chi connectivity index (χ3n) is 4.19. The molecular weight excluding hydrogens is 322 g/mol. The van der Waals surface area contributed by atoms with E-state index in [0.717, 1.165) is 29.7 Å². The normalized spacial score (nSPS) is 10.3. The summed E-state index contributed by atoms with van der Waals surface area (Å²) in [7, 11) is 0. The minimum absolute atomic E-state index is 0.0506. The van der Waals surface area contributed by atoms with Crippen LogP contribution in [-0.2, 0) is 12.8 Å². The summed E-state index contributed by atoms with van der Waals surface area (Å²) in [5.41, 5.74) is 3.08. The first-order valence-electron chi connectivity index (χ1n) is 8.91. The topological polar surface area (TPSA) is 38.3 Å². The molecule has 0 spiro atoms. The van der Waals surface area contributed by atoms with E-state index in [1.807, 2.05) is 72.8 Å². The van der Waals surface area contributed by atoms with E-state index in [0.29, 0.717) is 13.2 Å². The number of benzene rings is 3. The molecule has 0 aliphatic carbocycles. The average molecular weight is 345 g/mol. The van der Waals surface area contributed by atoms with Gasteiger partial charge in [0.15, 0.2) is 0 Å². The summed E-state index contributed by atoms with van der Waals surface area (Å²) in [4.78, 5) is 12.5. The second kappa shape index (κ2) is 9.42. The smallest absolute Gasteiger partial charge is 0.251 e. The van der Waals surface area contributed by atoms with E-state index in [1.54, 1.807) is 0 Å². The van der Waals surface area contributed by atoms with Crippen molar-refractivity contribution in [2.75, 3.05) is 13.2 Å². The Morgan fingerprint density at radius 2 is 1.42 bits per heavy atom. The van der Waals surface area contributed by atoms with Gasteiger partial charge in [0.05, 0.1) is 6.54 Å². The second-order valence-corrected chi connectivity index (χ2v) is 6.06. The lowest BCUT2D eigenvalue weighted by Gasteiger charge is -2.11. The average Bonchev–Trinajstić information content (AvgIpc) is 2.71. The molecule has 0 aromatic heterocycles. The highest BCUT2D eigenvalue weighted by atomic mass is 16.5. The molecule has 132 valence electrons. The Morgan fingerprint density at radius 1 is 0.769 bits per heavy atom. The van der Waals surface area contributed by atoms with Gasteiger partial charge in [-0.15, -0.1) is 0 Å². The summed E-state index contributed by atoms with van der Waals surface area (Å²) in [6.07, 6.45) is 1.76. The fourth-order valence-electron chi connectivity index (χ4n) is 2.83. The number of carbonyl (C=O) groups is 1. The van der Waals surface area contributed by atoms with Crippen LogP contribution in [0, 0.1) is 0 Å². The molecule has 3 aromatic carbocycles. The molecule has 0 fully saturated rings. The van der Waals surface area contributed by atoms with Crippen LogP contribution in [0.25, 0.3) is 0 Å². The predicted octanol–water partition coefficient (Wildman–Crippen LogP) is 4.28. The minimum Gasteiger partial charge on any atom is -0.492 e. The van der Waals surface area contributed by atoms with Crippen molar-refractivity contribution in [1.29, 1.82) is 0 Å². The van der Waals surface area contributed by atoms with Crippen LogP contribution < -0.4 is 10.1 Å². The summed E-state index contributed by atoms with van der Waals surface area (Å²) in [5, 5.41) is 2.94. The molecule has 1 N–H and O–H groups in total. The Labute approximate surface area is 154 Å². The SMILES string of the molecule is O=C(NCCOc1ccccc1)c1ccccc1CCc1ccccc1. The van der Waals surface area contributed by atoms with Crippen LogP contribution in [0.4, 0.5) is 0 Å². The van der Waals surface area contributed by atoms with E-state index in [-0.39, 0.29) is 5.91 Å². The van der Waals surface area contributed by atoms with Crippen LogP contribution >= 0.6 is 0 Å². The molecule has 0 unspecified atom stereocenters. The highest BCUT2D eigenvalue weighted by Gasteiger charge is 2.10. The Balaban J connectivity index is 1.52. The second-order valence-electron chi connectivity index (χ2n) is 6.06. The number of aryl methyl sites for hydroxylation is 2. The number of para-hydroxylation sites is 1. The maximum absolute atomic E-state index is 12.5. The summed E-state index contributed by atoms with van der Waals surface area (Å²) < 4.78 is 5.61. The number of nitrogens with one attached hydrogen (secondary N) is 1. The van der Waals surface area contributed by atoms with Gasteiger partial charge in [0.25, 0.3) is 5.91 Å². The number of hydrogen-bond donors (Lipinski definition) is 1. The van der Waals surface area contributed by atoms with Crippen molar-refractivity contribution < 1.29 is 9.53 Å². The fourth-order valence-corrected chi connectivity index (χ4v) is 2.83. The summed E-state index contributed by atoms with van der Waals surface area (Å²) in [6.45, 7) is 0.919. The predicted molar refractivity (Wildman–Crippen MR) is 105 cm³/mol. The lowest BCUT2D eigenvalue weighted by atomic mass is 9.99. The van der Waals surface area contributed by atoms with Crippen molar-refractivity contribution in [1.82, 2.24) is 5.32 Å². The molecule has 3 heteroatoms. The van der Waals surface area contributed by atoms with Crippen LogP contribution in [-0.4, -0.2) is 19.1 Å². The zero-order chi connectivity index (χ0) is 18.0. The van der Waals surface area contributed by atoms with Gasteiger partial charge >= 0.3 is 0 Å². The molecule has 0 aliphatic rings. The van der Waals surface area contributed by atoms with Gasteiger partial charge in [-0.3, -0.25) is 4.79 Å². The number of ether oxygens (including phenoxy) is 1. The molecule has 3 aromatic rings. The molecule has 1 amide bonds. The Morgan fingerprint density at radius 3 is 2.19 bits per heavy atom. The van der Waals surface area contributed by atoms with E-state index in [1.165, 1.54) is 5.56 Å². The van der Waals surface area contributed by atoms with Gasteiger partial charge in [-0.05, 0) is 42.2 Å². The molecule has 0 saturated heterocycles. The molecular formula is C23H23NO2. The van der Waals surface area contributed by atoms with Crippen molar-refractivity contribution >= 4 is 5.91 Å². The molecule has 0 aliphatic heterocycles. The molecule has 0 atom stereocenters. The first-order chi connectivity index (χ1) is 12.8. The number of carbonyl (C=O) groups excluding carboxylic acids is 1. The van der Waals surface area contributed by atoms with Crippen LogP contribution in [0.1, 0.15) is 21.5 Å². The molecule has 3 rings (SSSR count). The summed E-state index contributed by atoms with van der Waals surface area (Å²) in [5.74, 6) is 0.760. The Bertz CT molecular complexity index is 816. The fraction of sp³-hybridized carbons (Fsp3) is 0.174. The lowest BCUT2D eigenvalue weighted by Crippen LogP contribution is -2.29. The highest BCUT2D eigenvalue weighted by Crippen LogP contribution is 2.13. The maximum atomic E-state index is 12.5. The minimum atomic E-state index is -0.0506. The van der Waals surface area contributed by atoms with Gasteiger partial charge in [0.1, 0.15) is 12.4 Å². The molecule has 0 radical (unpaired) electrons. The van der Waals surface area contributed by atoms with Crippen molar-refractivity contribution in [3.63, 3.8) is 0 Å². The van der Waals surface area contributed by atoms with Crippen molar-refractivity contribution in [2.45, 2.75) is 12.8 Å². The quantitative estimate of drug-likeness (QED) is 0.619. The van der Waals surface area contributed by atoms with Gasteiger partial charge in [0.2, 0.25) is 0 Å². The Hall–Kier alpha value is -3.07. The van der Waals surface area contributed by atoms with E-state index in [9.17, 15) is 4.79 Å². The number of hydrogen-bond acceptors (Lipinski definition) is 2. The van der Waals surface area contributed by atoms with Crippen molar-refractivity contribution in [3.8, 4) is 5.75 Å². The molecule has 0 bridgehead atoms. The molecule has 0 heterocycles. The van der Waals surface area contributed by atoms with Gasteiger partial charge in [-0.2, -0.15) is 0 Å². The van der Waals surface area contributed by atoms with Crippen LogP contribution in [0.5, 0.6) is 5.75 Å². The van der Waals surface area contributed by atoms with Crippen LogP contribution in [0.15, 0.2) is 84.9 Å². The standard InChI is InChI=1S/C23H23NO2/c25-23(24-17-18-26-21-12-5-2-6-13-21)22-14-8-7-11-20(22)16-15-19-9-3-1-4-10-19/h1-14H,15-18H2,(H,24,25). The number of amides is 1. The summed E-state index contributed by atoms with van der Waals surface area (Å²) >= 11 is 0. The zero-order valence-corrected chi connectivity index (χ0v) is 14.7. The molecule has 26 heavy (non-hydrogen) atoms. The molecule has 3 nitrogen and oxygen atoms in total. The largest absolute Gasteiger partial charge is 0.492 e. The lowest BCUT2D eigenvalue weighted by molar-refractivity contribution is 0.0946. The van der Waals surface area contributed by atoms with Gasteiger partial charge < -0.3 is 10.1 Å². The number of rotatable bonds is 8.